The molecule has 0 fully saturated rings. The number of hydrogen-bond donors (Lipinski definition) is 0. The molecule has 0 heterocycles. The fourth-order valence-electron chi connectivity index (χ4n) is 0.753. The maximum atomic E-state index is 12.6. The zero-order valence-electron chi connectivity index (χ0n) is 5.27. The highest BCUT2D eigenvalue weighted by atomic mass is 79.9. The summed E-state index contributed by atoms with van der Waals surface area (Å²) >= 11 is 3.25. The number of benzene rings is 1. The van der Waals surface area contributed by atoms with Crippen LogP contribution in [0.3, 0.4) is 0 Å². The van der Waals surface area contributed by atoms with Crippen LogP contribution in [0, 0.1) is 5.82 Å². The third kappa shape index (κ3) is 2.03. The van der Waals surface area contributed by atoms with E-state index in [4.69, 9.17) is 0 Å². The summed E-state index contributed by atoms with van der Waals surface area (Å²) in [6, 6.07) is 4.92. The predicted octanol–water partition coefficient (Wildman–Crippen LogP) is 2.22. The Hall–Kier alpha value is 0.0600. The van der Waals surface area contributed by atoms with Gasteiger partial charge in [-0.05, 0) is 23.0 Å². The average molecular weight is 221 g/mol. The summed E-state index contributed by atoms with van der Waals surface area (Å²) in [6.45, 7) is 0. The molecule has 3 heteroatoms. The second-order valence-electron chi connectivity index (χ2n) is 2.03. The Bertz CT molecular complexity index is 217. The van der Waals surface area contributed by atoms with Gasteiger partial charge < -0.3 is 0 Å². The van der Waals surface area contributed by atoms with Crippen LogP contribution >= 0.6 is 25.2 Å². The monoisotopic (exact) mass is 220 g/mol. The van der Waals surface area contributed by atoms with Gasteiger partial charge in [-0.15, -0.1) is 9.24 Å². The van der Waals surface area contributed by atoms with Gasteiger partial charge in [-0.3, -0.25) is 0 Å². The molecule has 0 spiro atoms. The second-order valence-corrected chi connectivity index (χ2v) is 3.25. The van der Waals surface area contributed by atoms with Crippen LogP contribution in [0.1, 0.15) is 5.56 Å². The SMILES string of the molecule is Fc1cc(P)cc(CBr)c1. The summed E-state index contributed by atoms with van der Waals surface area (Å²) in [5, 5.41) is 1.58. The molecule has 0 bridgehead atoms. The fraction of sp³-hybridized carbons (Fsp3) is 0.143. The van der Waals surface area contributed by atoms with Gasteiger partial charge in [0, 0.05) is 5.33 Å². The highest BCUT2D eigenvalue weighted by molar-refractivity contribution is 9.08. The summed E-state index contributed by atoms with van der Waals surface area (Å²) in [7, 11) is 2.47. The van der Waals surface area contributed by atoms with E-state index in [1.807, 2.05) is 6.07 Å². The highest BCUT2D eigenvalue weighted by Crippen LogP contribution is 2.07. The summed E-state index contributed by atoms with van der Waals surface area (Å²) < 4.78 is 12.6. The third-order valence-electron chi connectivity index (χ3n) is 1.13. The number of hydrogen-bond acceptors (Lipinski definition) is 0. The molecule has 1 rings (SSSR count). The Morgan fingerprint density at radius 2 is 2.10 bits per heavy atom. The molecule has 0 N–H and O–H groups in total. The highest BCUT2D eigenvalue weighted by Gasteiger charge is 1.94. The molecule has 10 heavy (non-hydrogen) atoms. The van der Waals surface area contributed by atoms with Crippen molar-refractivity contribution < 1.29 is 4.39 Å². The van der Waals surface area contributed by atoms with Crippen molar-refractivity contribution in [2.75, 3.05) is 0 Å². The van der Waals surface area contributed by atoms with Crippen molar-refractivity contribution in [3.05, 3.63) is 29.6 Å². The first kappa shape index (κ1) is 8.16. The van der Waals surface area contributed by atoms with Crippen molar-refractivity contribution in [2.24, 2.45) is 0 Å². The Labute approximate surface area is 70.2 Å². The quantitative estimate of drug-likeness (QED) is 0.503. The summed E-state index contributed by atoms with van der Waals surface area (Å²) in [5.74, 6) is -0.179. The van der Waals surface area contributed by atoms with E-state index in [1.165, 1.54) is 12.1 Å². The Morgan fingerprint density at radius 3 is 2.60 bits per heavy atom. The number of rotatable bonds is 1. The van der Waals surface area contributed by atoms with Gasteiger partial charge in [0.05, 0.1) is 0 Å². The lowest BCUT2D eigenvalue weighted by Gasteiger charge is -1.97. The van der Waals surface area contributed by atoms with Crippen LogP contribution in [-0.4, -0.2) is 0 Å². The molecule has 1 atom stereocenters. The van der Waals surface area contributed by atoms with Crippen molar-refractivity contribution in [1.82, 2.24) is 0 Å². The van der Waals surface area contributed by atoms with E-state index in [-0.39, 0.29) is 5.82 Å². The van der Waals surface area contributed by atoms with Crippen LogP contribution < -0.4 is 5.30 Å². The van der Waals surface area contributed by atoms with Gasteiger partial charge in [-0.1, -0.05) is 22.0 Å². The molecule has 0 aliphatic carbocycles. The average Bonchev–Trinajstić information content (AvgIpc) is 1.85. The van der Waals surface area contributed by atoms with E-state index in [9.17, 15) is 4.39 Å². The maximum absolute atomic E-state index is 12.6. The van der Waals surface area contributed by atoms with Crippen molar-refractivity contribution >= 4 is 30.5 Å². The van der Waals surface area contributed by atoms with Gasteiger partial charge in [0.1, 0.15) is 5.82 Å². The van der Waals surface area contributed by atoms with Gasteiger partial charge in [0.25, 0.3) is 0 Å². The van der Waals surface area contributed by atoms with Crippen LogP contribution in [0.2, 0.25) is 0 Å². The zero-order chi connectivity index (χ0) is 7.56. The Balaban J connectivity index is 3.06. The number of alkyl halides is 1. The molecule has 0 saturated heterocycles. The minimum absolute atomic E-state index is 0.179. The minimum Gasteiger partial charge on any atom is -0.207 e. The second kappa shape index (κ2) is 3.45. The largest absolute Gasteiger partial charge is 0.207 e. The first-order chi connectivity index (χ1) is 4.72. The predicted molar refractivity (Wildman–Crippen MR) is 48.4 cm³/mol. The molecule has 0 radical (unpaired) electrons. The maximum Gasteiger partial charge on any atom is 0.124 e. The Morgan fingerprint density at radius 1 is 1.40 bits per heavy atom. The molecule has 0 aliphatic heterocycles. The van der Waals surface area contributed by atoms with Crippen LogP contribution in [-0.2, 0) is 5.33 Å². The van der Waals surface area contributed by atoms with Crippen LogP contribution in [0.4, 0.5) is 4.39 Å². The minimum atomic E-state index is -0.179. The molecule has 0 amide bonds. The smallest absolute Gasteiger partial charge is 0.124 e. The van der Waals surface area contributed by atoms with Crippen LogP contribution in [0.15, 0.2) is 18.2 Å². The zero-order valence-corrected chi connectivity index (χ0v) is 8.01. The van der Waals surface area contributed by atoms with E-state index in [2.05, 4.69) is 25.2 Å². The summed E-state index contributed by atoms with van der Waals surface area (Å²) in [6.07, 6.45) is 0. The van der Waals surface area contributed by atoms with E-state index in [0.29, 0.717) is 5.33 Å². The van der Waals surface area contributed by atoms with Gasteiger partial charge in [0.2, 0.25) is 0 Å². The van der Waals surface area contributed by atoms with E-state index >= 15 is 0 Å². The number of halogens is 2. The first-order valence-corrected chi connectivity index (χ1v) is 4.53. The molecule has 1 aromatic carbocycles. The van der Waals surface area contributed by atoms with Gasteiger partial charge >= 0.3 is 0 Å². The van der Waals surface area contributed by atoms with E-state index in [1.54, 1.807) is 0 Å². The van der Waals surface area contributed by atoms with Gasteiger partial charge in [0.15, 0.2) is 0 Å². The van der Waals surface area contributed by atoms with Crippen molar-refractivity contribution in [2.45, 2.75) is 5.33 Å². The summed E-state index contributed by atoms with van der Waals surface area (Å²) in [4.78, 5) is 0. The third-order valence-corrected chi connectivity index (χ3v) is 2.12. The topological polar surface area (TPSA) is 0 Å². The van der Waals surface area contributed by atoms with Gasteiger partial charge in [-0.25, -0.2) is 4.39 Å². The van der Waals surface area contributed by atoms with Crippen molar-refractivity contribution in [3.63, 3.8) is 0 Å². The van der Waals surface area contributed by atoms with E-state index < -0.39 is 0 Å². The molecule has 0 aliphatic rings. The molecular weight excluding hydrogens is 214 g/mol. The lowest BCUT2D eigenvalue weighted by molar-refractivity contribution is 0.628. The first-order valence-electron chi connectivity index (χ1n) is 2.83. The lowest BCUT2D eigenvalue weighted by atomic mass is 10.2. The molecule has 1 aromatic rings. The summed E-state index contributed by atoms with van der Waals surface area (Å²) in [5.41, 5.74) is 0.963. The molecule has 0 saturated carbocycles. The normalized spacial score (nSPS) is 9.90. The fourth-order valence-corrected chi connectivity index (χ4v) is 1.45. The van der Waals surface area contributed by atoms with Crippen molar-refractivity contribution in [3.8, 4) is 0 Å². The van der Waals surface area contributed by atoms with Crippen molar-refractivity contribution in [1.29, 1.82) is 0 Å². The Kier molecular flexibility index (Phi) is 2.82. The standard InChI is InChI=1S/C7H7BrFP/c8-4-5-1-6(9)3-7(10)2-5/h1-3H,4,10H2. The molecular formula is C7H7BrFP. The van der Waals surface area contributed by atoms with Crippen LogP contribution in [0.25, 0.3) is 0 Å². The molecule has 0 aromatic heterocycles. The van der Waals surface area contributed by atoms with Crippen LogP contribution in [0.5, 0.6) is 0 Å². The van der Waals surface area contributed by atoms with Gasteiger partial charge in [-0.2, -0.15) is 0 Å². The molecule has 1 unspecified atom stereocenters. The van der Waals surface area contributed by atoms with E-state index in [0.717, 1.165) is 10.9 Å². The molecule has 54 valence electrons. The molecule has 0 nitrogen and oxygen atoms in total. The lowest BCUT2D eigenvalue weighted by Crippen LogP contribution is -1.94.